The summed E-state index contributed by atoms with van der Waals surface area (Å²) >= 11 is 0. The Morgan fingerprint density at radius 2 is 1.77 bits per heavy atom. The zero-order chi connectivity index (χ0) is 24.2. The lowest BCUT2D eigenvalue weighted by Crippen LogP contribution is -2.34. The molecule has 5 heteroatoms. The van der Waals surface area contributed by atoms with Gasteiger partial charge in [-0.1, -0.05) is 36.4 Å². The van der Waals surface area contributed by atoms with Crippen LogP contribution in [0.4, 0.5) is 0 Å². The minimum absolute atomic E-state index is 0.296. The number of aromatic nitrogens is 2. The summed E-state index contributed by atoms with van der Waals surface area (Å²) in [5, 5.41) is 1.33. The van der Waals surface area contributed by atoms with Crippen molar-refractivity contribution < 1.29 is 9.53 Å². The van der Waals surface area contributed by atoms with Crippen molar-refractivity contribution in [3.8, 4) is 0 Å². The average Bonchev–Trinajstić information content (AvgIpc) is 3.16. The molecule has 5 nitrogen and oxygen atoms in total. The van der Waals surface area contributed by atoms with Gasteiger partial charge in [-0.15, -0.1) is 0 Å². The number of pyridine rings is 1. The largest absolute Gasteiger partial charge is 0.465 e. The lowest BCUT2D eigenvalue weighted by Gasteiger charge is -2.32. The fraction of sp³-hybridized carbons (Fsp3) is 0.333. The van der Waals surface area contributed by atoms with Crippen molar-refractivity contribution in [2.45, 2.75) is 39.3 Å². The standard InChI is InChI=1S/C30H33N3O2/c1-22-28(18-23-9-11-26(12-10-23)30(34)35-2)27-7-3-4-8-29(27)33(22)21-24-13-16-32(17-14-24)20-25-6-5-15-31-19-25/h3-12,15,19,24H,13-14,16-18,20-21H2,1-2H3. The number of rotatable bonds is 7. The molecule has 3 heterocycles. The molecular formula is C30H33N3O2. The van der Waals surface area contributed by atoms with E-state index in [-0.39, 0.29) is 5.97 Å². The van der Waals surface area contributed by atoms with Gasteiger partial charge in [0.1, 0.15) is 0 Å². The summed E-state index contributed by atoms with van der Waals surface area (Å²) in [5.74, 6) is 0.387. The molecule has 2 aromatic heterocycles. The quantitative estimate of drug-likeness (QED) is 0.330. The summed E-state index contributed by atoms with van der Waals surface area (Å²) < 4.78 is 7.37. The van der Waals surface area contributed by atoms with Gasteiger partial charge in [-0.05, 0) is 86.1 Å². The van der Waals surface area contributed by atoms with Gasteiger partial charge in [-0.25, -0.2) is 4.79 Å². The molecule has 1 saturated heterocycles. The van der Waals surface area contributed by atoms with E-state index >= 15 is 0 Å². The van der Waals surface area contributed by atoms with Crippen molar-refractivity contribution >= 4 is 16.9 Å². The number of para-hydroxylation sites is 1. The smallest absolute Gasteiger partial charge is 0.337 e. The highest BCUT2D eigenvalue weighted by molar-refractivity contribution is 5.89. The van der Waals surface area contributed by atoms with E-state index in [1.807, 2.05) is 42.7 Å². The summed E-state index contributed by atoms with van der Waals surface area (Å²) in [6.07, 6.45) is 7.11. The predicted molar refractivity (Wildman–Crippen MR) is 140 cm³/mol. The van der Waals surface area contributed by atoms with E-state index in [9.17, 15) is 4.79 Å². The second kappa shape index (κ2) is 10.4. The van der Waals surface area contributed by atoms with Gasteiger partial charge in [0, 0.05) is 42.1 Å². The molecule has 35 heavy (non-hydrogen) atoms. The lowest BCUT2D eigenvalue weighted by atomic mass is 9.96. The van der Waals surface area contributed by atoms with Gasteiger partial charge in [-0.3, -0.25) is 9.88 Å². The third-order valence-corrected chi connectivity index (χ3v) is 7.39. The summed E-state index contributed by atoms with van der Waals surface area (Å²) in [7, 11) is 1.42. The lowest BCUT2D eigenvalue weighted by molar-refractivity contribution is 0.0600. The minimum Gasteiger partial charge on any atom is -0.465 e. The Kier molecular flexibility index (Phi) is 6.96. The van der Waals surface area contributed by atoms with Crippen LogP contribution in [-0.4, -0.2) is 40.6 Å². The molecule has 2 aromatic carbocycles. The molecule has 0 amide bonds. The van der Waals surface area contributed by atoms with E-state index in [2.05, 4.69) is 51.7 Å². The topological polar surface area (TPSA) is 47.4 Å². The zero-order valence-electron chi connectivity index (χ0n) is 20.6. The van der Waals surface area contributed by atoms with Crippen LogP contribution in [-0.2, 0) is 24.2 Å². The van der Waals surface area contributed by atoms with Crippen LogP contribution < -0.4 is 0 Å². The van der Waals surface area contributed by atoms with E-state index in [0.717, 1.165) is 32.6 Å². The predicted octanol–water partition coefficient (Wildman–Crippen LogP) is 5.63. The molecule has 0 spiro atoms. The van der Waals surface area contributed by atoms with Crippen LogP contribution >= 0.6 is 0 Å². The fourth-order valence-corrected chi connectivity index (χ4v) is 5.38. The molecule has 0 atom stereocenters. The second-order valence-electron chi connectivity index (χ2n) is 9.64. The van der Waals surface area contributed by atoms with Gasteiger partial charge in [0.2, 0.25) is 0 Å². The van der Waals surface area contributed by atoms with Crippen LogP contribution in [0, 0.1) is 12.8 Å². The molecule has 1 fully saturated rings. The Labute approximate surface area is 207 Å². The summed E-state index contributed by atoms with van der Waals surface area (Å²) in [5.41, 5.74) is 7.13. The van der Waals surface area contributed by atoms with E-state index in [4.69, 9.17) is 4.74 Å². The SMILES string of the molecule is COC(=O)c1ccc(Cc2c(C)n(CC3CCN(Cc4cccnc4)CC3)c3ccccc23)cc1. The molecule has 0 bridgehead atoms. The van der Waals surface area contributed by atoms with E-state index in [0.29, 0.717) is 11.5 Å². The van der Waals surface area contributed by atoms with Crippen LogP contribution in [0.25, 0.3) is 10.9 Å². The molecule has 0 radical (unpaired) electrons. The number of hydrogen-bond donors (Lipinski definition) is 0. The molecule has 0 aliphatic carbocycles. The highest BCUT2D eigenvalue weighted by Crippen LogP contribution is 2.31. The normalized spacial score (nSPS) is 14.9. The van der Waals surface area contributed by atoms with Crippen molar-refractivity contribution in [1.29, 1.82) is 0 Å². The van der Waals surface area contributed by atoms with E-state index < -0.39 is 0 Å². The molecule has 0 N–H and O–H groups in total. The number of nitrogens with zero attached hydrogens (tertiary/aromatic N) is 3. The summed E-state index contributed by atoms with van der Waals surface area (Å²) in [4.78, 5) is 18.6. The van der Waals surface area contributed by atoms with Crippen LogP contribution in [0.2, 0.25) is 0 Å². The number of hydrogen-bond acceptors (Lipinski definition) is 4. The van der Waals surface area contributed by atoms with Crippen LogP contribution in [0.3, 0.4) is 0 Å². The highest BCUT2D eigenvalue weighted by Gasteiger charge is 2.22. The summed E-state index contributed by atoms with van der Waals surface area (Å²) in [6, 6.07) is 20.7. The van der Waals surface area contributed by atoms with Crippen molar-refractivity contribution in [2.75, 3.05) is 20.2 Å². The molecule has 5 rings (SSSR count). The van der Waals surface area contributed by atoms with Gasteiger partial charge in [0.25, 0.3) is 0 Å². The maximum absolute atomic E-state index is 11.8. The number of benzene rings is 2. The summed E-state index contributed by atoms with van der Waals surface area (Å²) in [6.45, 7) is 6.59. The highest BCUT2D eigenvalue weighted by atomic mass is 16.5. The van der Waals surface area contributed by atoms with Gasteiger partial charge in [-0.2, -0.15) is 0 Å². The molecule has 1 aliphatic heterocycles. The number of carbonyl (C=O) groups is 1. The molecular weight excluding hydrogens is 434 g/mol. The van der Waals surface area contributed by atoms with Crippen molar-refractivity contribution in [3.63, 3.8) is 0 Å². The average molecular weight is 468 g/mol. The minimum atomic E-state index is -0.296. The molecule has 1 aliphatic rings. The molecule has 4 aromatic rings. The zero-order valence-corrected chi connectivity index (χ0v) is 20.6. The Bertz CT molecular complexity index is 1290. The Morgan fingerprint density at radius 3 is 2.49 bits per heavy atom. The van der Waals surface area contributed by atoms with Gasteiger partial charge < -0.3 is 9.30 Å². The van der Waals surface area contributed by atoms with Crippen LogP contribution in [0.1, 0.15) is 45.6 Å². The molecule has 0 unspecified atom stereocenters. The number of likely N-dealkylation sites (tertiary alicyclic amines) is 1. The monoisotopic (exact) mass is 467 g/mol. The maximum atomic E-state index is 11.8. The Morgan fingerprint density at radius 1 is 1.00 bits per heavy atom. The molecule has 180 valence electrons. The first-order valence-electron chi connectivity index (χ1n) is 12.5. The fourth-order valence-electron chi connectivity index (χ4n) is 5.38. The van der Waals surface area contributed by atoms with E-state index in [1.165, 1.54) is 53.2 Å². The first-order valence-corrected chi connectivity index (χ1v) is 12.5. The van der Waals surface area contributed by atoms with Gasteiger partial charge >= 0.3 is 5.97 Å². The van der Waals surface area contributed by atoms with Gasteiger partial charge in [0.15, 0.2) is 0 Å². The van der Waals surface area contributed by atoms with Crippen molar-refractivity contribution in [3.05, 3.63) is 101 Å². The third kappa shape index (κ3) is 5.15. The van der Waals surface area contributed by atoms with Crippen molar-refractivity contribution in [2.24, 2.45) is 5.92 Å². The third-order valence-electron chi connectivity index (χ3n) is 7.39. The maximum Gasteiger partial charge on any atom is 0.337 e. The van der Waals surface area contributed by atoms with E-state index in [1.54, 1.807) is 0 Å². The number of methoxy groups -OCH3 is 1. The first-order chi connectivity index (χ1) is 17.1. The Hall–Kier alpha value is -3.44. The first kappa shape index (κ1) is 23.3. The Balaban J connectivity index is 1.30. The van der Waals surface area contributed by atoms with Crippen molar-refractivity contribution in [1.82, 2.24) is 14.5 Å². The number of piperidine rings is 1. The number of ether oxygens (including phenoxy) is 1. The second-order valence-corrected chi connectivity index (χ2v) is 9.64. The van der Waals surface area contributed by atoms with Crippen LogP contribution in [0.15, 0.2) is 73.1 Å². The molecule has 0 saturated carbocycles. The van der Waals surface area contributed by atoms with Gasteiger partial charge in [0.05, 0.1) is 12.7 Å². The van der Waals surface area contributed by atoms with Crippen LogP contribution in [0.5, 0.6) is 0 Å². The number of fused-ring (bicyclic) bond motifs is 1. The number of carbonyl (C=O) groups excluding carboxylic acids is 1. The number of esters is 1.